The fourth-order valence-corrected chi connectivity index (χ4v) is 1.21. The molecule has 80 valence electrons. The molecule has 0 aliphatic rings. The average molecular weight is 205 g/mol. The van der Waals surface area contributed by atoms with Gasteiger partial charge < -0.3 is 10.4 Å². The Morgan fingerprint density at radius 2 is 2.40 bits per heavy atom. The van der Waals surface area contributed by atoms with Gasteiger partial charge in [-0.15, -0.1) is 0 Å². The minimum atomic E-state index is -0.259. The summed E-state index contributed by atoms with van der Waals surface area (Å²) in [7, 11) is 0. The van der Waals surface area contributed by atoms with Crippen LogP contribution in [0.1, 0.15) is 25.5 Å². The fraction of sp³-hybridized carbons (Fsp3) is 0.455. The van der Waals surface area contributed by atoms with E-state index >= 15 is 0 Å². The minimum absolute atomic E-state index is 0.259. The number of aromatic nitrogens is 1. The highest BCUT2D eigenvalue weighted by atomic mass is 16.3. The van der Waals surface area contributed by atoms with Crippen molar-refractivity contribution in [1.29, 1.82) is 5.26 Å². The number of nitrogens with zero attached hydrogens (tertiary/aromatic N) is 2. The van der Waals surface area contributed by atoms with Crippen LogP contribution >= 0.6 is 0 Å². The van der Waals surface area contributed by atoms with Crippen LogP contribution in [-0.4, -0.2) is 22.7 Å². The van der Waals surface area contributed by atoms with Crippen molar-refractivity contribution >= 4 is 5.82 Å². The third-order valence-electron chi connectivity index (χ3n) is 1.97. The summed E-state index contributed by atoms with van der Waals surface area (Å²) < 4.78 is 0. The second kappa shape index (κ2) is 5.99. The number of hydrogen-bond acceptors (Lipinski definition) is 4. The molecule has 4 nitrogen and oxygen atoms in total. The van der Waals surface area contributed by atoms with Gasteiger partial charge in [-0.1, -0.05) is 6.07 Å². The molecule has 2 N–H and O–H groups in total. The van der Waals surface area contributed by atoms with Gasteiger partial charge in [-0.25, -0.2) is 4.98 Å². The van der Waals surface area contributed by atoms with Crippen molar-refractivity contribution in [2.45, 2.75) is 25.9 Å². The van der Waals surface area contributed by atoms with Gasteiger partial charge in [0.1, 0.15) is 17.6 Å². The molecule has 15 heavy (non-hydrogen) atoms. The van der Waals surface area contributed by atoms with Crippen molar-refractivity contribution in [3.8, 4) is 6.07 Å². The van der Waals surface area contributed by atoms with Crippen LogP contribution in [0, 0.1) is 11.3 Å². The number of anilines is 1. The van der Waals surface area contributed by atoms with E-state index in [1.54, 1.807) is 19.1 Å². The van der Waals surface area contributed by atoms with Crippen LogP contribution < -0.4 is 5.32 Å². The molecule has 4 heteroatoms. The summed E-state index contributed by atoms with van der Waals surface area (Å²) in [6.45, 7) is 2.53. The van der Waals surface area contributed by atoms with E-state index in [9.17, 15) is 0 Å². The van der Waals surface area contributed by atoms with Gasteiger partial charge in [0, 0.05) is 6.54 Å². The fourth-order valence-electron chi connectivity index (χ4n) is 1.21. The van der Waals surface area contributed by atoms with Crippen molar-refractivity contribution in [2.24, 2.45) is 0 Å². The highest BCUT2D eigenvalue weighted by Gasteiger charge is 1.97. The third kappa shape index (κ3) is 4.43. The number of rotatable bonds is 5. The van der Waals surface area contributed by atoms with Crippen molar-refractivity contribution < 1.29 is 5.11 Å². The van der Waals surface area contributed by atoms with Crippen LogP contribution in [0.25, 0.3) is 0 Å². The van der Waals surface area contributed by atoms with Gasteiger partial charge in [0.15, 0.2) is 0 Å². The highest BCUT2D eigenvalue weighted by Crippen LogP contribution is 2.04. The van der Waals surface area contributed by atoms with E-state index in [1.807, 2.05) is 12.1 Å². The molecule has 1 aromatic rings. The Labute approximate surface area is 89.6 Å². The van der Waals surface area contributed by atoms with E-state index in [-0.39, 0.29) is 6.10 Å². The molecule has 0 aromatic carbocycles. The Morgan fingerprint density at radius 1 is 1.60 bits per heavy atom. The summed E-state index contributed by atoms with van der Waals surface area (Å²) in [5.41, 5.74) is 0.413. The Bertz CT molecular complexity index is 344. The Balaban J connectivity index is 2.35. The van der Waals surface area contributed by atoms with E-state index in [0.29, 0.717) is 11.5 Å². The van der Waals surface area contributed by atoms with E-state index in [1.165, 1.54) is 0 Å². The lowest BCUT2D eigenvalue weighted by Gasteiger charge is -2.06. The zero-order valence-corrected chi connectivity index (χ0v) is 8.77. The SMILES string of the molecule is CC(O)CCCNc1cccc(C#N)n1. The Morgan fingerprint density at radius 3 is 3.07 bits per heavy atom. The van der Waals surface area contributed by atoms with Gasteiger partial charge in [0.2, 0.25) is 0 Å². The molecular formula is C11H15N3O. The van der Waals surface area contributed by atoms with Crippen molar-refractivity contribution in [2.75, 3.05) is 11.9 Å². The summed E-state index contributed by atoms with van der Waals surface area (Å²) in [6.07, 6.45) is 1.39. The molecule has 0 aliphatic heterocycles. The molecule has 1 aromatic heterocycles. The molecule has 1 heterocycles. The largest absolute Gasteiger partial charge is 0.393 e. The van der Waals surface area contributed by atoms with Crippen molar-refractivity contribution in [3.63, 3.8) is 0 Å². The summed E-state index contributed by atoms with van der Waals surface area (Å²) in [5, 5.41) is 20.8. The third-order valence-corrected chi connectivity index (χ3v) is 1.97. The van der Waals surface area contributed by atoms with Crippen LogP contribution in [0.2, 0.25) is 0 Å². The van der Waals surface area contributed by atoms with Crippen molar-refractivity contribution in [1.82, 2.24) is 4.98 Å². The zero-order valence-electron chi connectivity index (χ0n) is 8.77. The maximum Gasteiger partial charge on any atom is 0.142 e. The topological polar surface area (TPSA) is 68.9 Å². The smallest absolute Gasteiger partial charge is 0.142 e. The molecule has 1 unspecified atom stereocenters. The lowest BCUT2D eigenvalue weighted by Crippen LogP contribution is -2.07. The van der Waals surface area contributed by atoms with E-state index in [4.69, 9.17) is 10.4 Å². The summed E-state index contributed by atoms with van der Waals surface area (Å²) in [5.74, 6) is 0.708. The molecule has 0 saturated carbocycles. The molecular weight excluding hydrogens is 190 g/mol. The van der Waals surface area contributed by atoms with Gasteiger partial charge >= 0.3 is 0 Å². The first kappa shape index (κ1) is 11.5. The number of aliphatic hydroxyl groups excluding tert-OH is 1. The van der Waals surface area contributed by atoms with Crippen LogP contribution in [0.5, 0.6) is 0 Å². The predicted octanol–water partition coefficient (Wildman–Crippen LogP) is 1.53. The Hall–Kier alpha value is -1.60. The van der Waals surface area contributed by atoms with E-state index in [0.717, 1.165) is 19.4 Å². The molecule has 0 saturated heterocycles. The van der Waals surface area contributed by atoms with Crippen LogP contribution in [0.3, 0.4) is 0 Å². The number of nitriles is 1. The first-order valence-electron chi connectivity index (χ1n) is 5.01. The van der Waals surface area contributed by atoms with Gasteiger partial charge in [-0.2, -0.15) is 5.26 Å². The summed E-state index contributed by atoms with van der Waals surface area (Å²) >= 11 is 0. The standard InChI is InChI=1S/C11H15N3O/c1-9(15)4-3-7-13-11-6-2-5-10(8-12)14-11/h2,5-6,9,15H,3-4,7H2,1H3,(H,13,14). The quantitative estimate of drug-likeness (QED) is 0.715. The first-order chi connectivity index (χ1) is 7.22. The second-order valence-corrected chi connectivity index (χ2v) is 3.44. The number of hydrogen-bond donors (Lipinski definition) is 2. The molecule has 0 fully saturated rings. The van der Waals surface area contributed by atoms with Crippen molar-refractivity contribution in [3.05, 3.63) is 23.9 Å². The van der Waals surface area contributed by atoms with Gasteiger partial charge in [0.25, 0.3) is 0 Å². The van der Waals surface area contributed by atoms with Crippen LogP contribution in [-0.2, 0) is 0 Å². The molecule has 1 rings (SSSR count). The van der Waals surface area contributed by atoms with E-state index < -0.39 is 0 Å². The van der Waals surface area contributed by atoms with E-state index in [2.05, 4.69) is 10.3 Å². The monoisotopic (exact) mass is 205 g/mol. The second-order valence-electron chi connectivity index (χ2n) is 3.44. The van der Waals surface area contributed by atoms with Crippen LogP contribution in [0.4, 0.5) is 5.82 Å². The molecule has 0 bridgehead atoms. The highest BCUT2D eigenvalue weighted by molar-refractivity contribution is 5.38. The molecule has 0 amide bonds. The molecule has 0 radical (unpaired) electrons. The molecule has 0 aliphatic carbocycles. The number of pyridine rings is 1. The lowest BCUT2D eigenvalue weighted by atomic mass is 10.2. The zero-order chi connectivity index (χ0) is 11.1. The number of nitrogens with one attached hydrogen (secondary N) is 1. The number of aliphatic hydroxyl groups is 1. The molecule has 0 spiro atoms. The summed E-state index contributed by atoms with van der Waals surface area (Å²) in [6, 6.07) is 7.27. The van der Waals surface area contributed by atoms with Crippen LogP contribution in [0.15, 0.2) is 18.2 Å². The van der Waals surface area contributed by atoms with Gasteiger partial charge in [-0.3, -0.25) is 0 Å². The maximum atomic E-state index is 9.05. The predicted molar refractivity (Wildman–Crippen MR) is 58.4 cm³/mol. The minimum Gasteiger partial charge on any atom is -0.393 e. The Kier molecular flexibility index (Phi) is 4.58. The molecule has 1 atom stereocenters. The average Bonchev–Trinajstić information content (AvgIpc) is 2.24. The summed E-state index contributed by atoms with van der Waals surface area (Å²) in [4.78, 5) is 4.07. The van der Waals surface area contributed by atoms with Gasteiger partial charge in [0.05, 0.1) is 6.10 Å². The maximum absolute atomic E-state index is 9.05. The first-order valence-corrected chi connectivity index (χ1v) is 5.01. The lowest BCUT2D eigenvalue weighted by molar-refractivity contribution is 0.183. The normalized spacial score (nSPS) is 11.8. The van der Waals surface area contributed by atoms with Gasteiger partial charge in [-0.05, 0) is 31.9 Å².